The van der Waals surface area contributed by atoms with E-state index in [0.717, 1.165) is 5.56 Å². The van der Waals surface area contributed by atoms with Crippen LogP contribution in [0.1, 0.15) is 18.0 Å². The van der Waals surface area contributed by atoms with Crippen molar-refractivity contribution in [1.82, 2.24) is 25.4 Å². The van der Waals surface area contributed by atoms with Gasteiger partial charge in [0.25, 0.3) is 5.56 Å². The largest absolute Gasteiger partial charge is 0.325 e. The average Bonchev–Trinajstić information content (AvgIpc) is 3.16. The number of hydrazine groups is 1. The lowest BCUT2D eigenvalue weighted by Gasteiger charge is -2.11. The minimum absolute atomic E-state index is 0.0209. The number of aryl methyl sites for hydroxylation is 1. The van der Waals surface area contributed by atoms with Crippen LogP contribution in [0.3, 0.4) is 0 Å². The summed E-state index contributed by atoms with van der Waals surface area (Å²) in [6.07, 6.45) is 5.59. The van der Waals surface area contributed by atoms with Gasteiger partial charge in [0, 0.05) is 31.2 Å². The smallest absolute Gasteiger partial charge is 0.260 e. The summed E-state index contributed by atoms with van der Waals surface area (Å²) in [6, 6.07) is 8.61. The molecular weight excluding hydrogens is 332 g/mol. The Morgan fingerprint density at radius 1 is 1.31 bits per heavy atom. The molecule has 3 N–H and O–H groups in total. The van der Waals surface area contributed by atoms with Gasteiger partial charge in [0.15, 0.2) is 0 Å². The third kappa shape index (κ3) is 3.07. The highest BCUT2D eigenvalue weighted by Gasteiger charge is 2.30. The van der Waals surface area contributed by atoms with Gasteiger partial charge in [0.2, 0.25) is 5.91 Å². The molecule has 1 amide bonds. The highest BCUT2D eigenvalue weighted by atomic mass is 16.2. The summed E-state index contributed by atoms with van der Waals surface area (Å²) < 4.78 is 1.41. The molecule has 2 aromatic heterocycles. The van der Waals surface area contributed by atoms with Crippen LogP contribution in [0.25, 0.3) is 10.9 Å². The molecule has 132 valence electrons. The van der Waals surface area contributed by atoms with Gasteiger partial charge < -0.3 is 9.88 Å². The van der Waals surface area contributed by atoms with Gasteiger partial charge >= 0.3 is 0 Å². The van der Waals surface area contributed by atoms with Gasteiger partial charge in [-0.25, -0.2) is 15.8 Å². The lowest BCUT2D eigenvalue weighted by Crippen LogP contribution is -2.39. The molecule has 1 fully saturated rings. The topological polar surface area (TPSA) is 101 Å². The maximum Gasteiger partial charge on any atom is 0.260 e. The van der Waals surface area contributed by atoms with Gasteiger partial charge in [0.1, 0.15) is 6.04 Å². The Labute approximate surface area is 149 Å². The summed E-state index contributed by atoms with van der Waals surface area (Å²) in [5.41, 5.74) is 8.18. The van der Waals surface area contributed by atoms with Crippen molar-refractivity contribution in [2.75, 3.05) is 5.32 Å². The molecule has 0 spiro atoms. The molecular formula is C18H18N6O2. The van der Waals surface area contributed by atoms with Crippen LogP contribution in [-0.2, 0) is 11.8 Å². The van der Waals surface area contributed by atoms with Crippen molar-refractivity contribution in [3.8, 4) is 0 Å². The van der Waals surface area contributed by atoms with Gasteiger partial charge in [0.05, 0.1) is 17.2 Å². The fourth-order valence-corrected chi connectivity index (χ4v) is 3.05. The number of fused-ring (bicyclic) bond motifs is 1. The predicted octanol–water partition coefficient (Wildman–Crippen LogP) is 0.875. The summed E-state index contributed by atoms with van der Waals surface area (Å²) in [4.78, 5) is 33.1. The van der Waals surface area contributed by atoms with Crippen molar-refractivity contribution in [1.29, 1.82) is 0 Å². The number of benzene rings is 1. The van der Waals surface area contributed by atoms with Crippen molar-refractivity contribution < 1.29 is 4.79 Å². The average molecular weight is 350 g/mol. The van der Waals surface area contributed by atoms with E-state index in [2.05, 4.69) is 26.1 Å². The fourth-order valence-electron chi connectivity index (χ4n) is 3.05. The lowest BCUT2D eigenvalue weighted by molar-refractivity contribution is -0.117. The van der Waals surface area contributed by atoms with E-state index in [9.17, 15) is 9.59 Å². The minimum Gasteiger partial charge on any atom is -0.325 e. The van der Waals surface area contributed by atoms with E-state index < -0.39 is 0 Å². The molecule has 3 aromatic rings. The zero-order valence-electron chi connectivity index (χ0n) is 14.1. The Hall–Kier alpha value is -3.10. The minimum atomic E-state index is -0.382. The van der Waals surface area contributed by atoms with E-state index in [0.29, 0.717) is 23.0 Å². The van der Waals surface area contributed by atoms with Gasteiger partial charge in [-0.15, -0.1) is 0 Å². The van der Waals surface area contributed by atoms with Gasteiger partial charge in [-0.3, -0.25) is 14.6 Å². The number of amides is 1. The van der Waals surface area contributed by atoms with Crippen LogP contribution in [0.5, 0.6) is 0 Å². The Bertz CT molecular complexity index is 1020. The van der Waals surface area contributed by atoms with Gasteiger partial charge in [-0.2, -0.15) is 0 Å². The van der Waals surface area contributed by atoms with Crippen molar-refractivity contribution >= 4 is 22.5 Å². The molecule has 8 heteroatoms. The highest BCUT2D eigenvalue weighted by Crippen LogP contribution is 2.22. The fraction of sp³-hybridized carbons (Fsp3) is 0.222. The number of carbonyl (C=O) groups excluding carboxylic acids is 1. The molecule has 1 aliphatic heterocycles. The summed E-state index contributed by atoms with van der Waals surface area (Å²) in [7, 11) is 1.65. The predicted molar refractivity (Wildman–Crippen MR) is 97.3 cm³/mol. The zero-order valence-corrected chi connectivity index (χ0v) is 14.1. The second kappa shape index (κ2) is 6.66. The van der Waals surface area contributed by atoms with Crippen LogP contribution >= 0.6 is 0 Å². The van der Waals surface area contributed by atoms with E-state index in [1.807, 2.05) is 12.1 Å². The van der Waals surface area contributed by atoms with Crippen LogP contribution in [0.2, 0.25) is 0 Å². The van der Waals surface area contributed by atoms with E-state index in [-0.39, 0.29) is 23.6 Å². The molecule has 1 saturated heterocycles. The number of hydrogen-bond donors (Lipinski definition) is 3. The zero-order chi connectivity index (χ0) is 18.1. The Kier molecular flexibility index (Phi) is 4.19. The first-order valence-corrected chi connectivity index (χ1v) is 8.29. The lowest BCUT2D eigenvalue weighted by atomic mass is 10.0. The first-order chi connectivity index (χ1) is 12.6. The van der Waals surface area contributed by atoms with E-state index >= 15 is 0 Å². The maximum absolute atomic E-state index is 12.6. The number of aromatic nitrogens is 3. The molecule has 2 atom stereocenters. The first-order valence-electron chi connectivity index (χ1n) is 8.29. The van der Waals surface area contributed by atoms with E-state index in [4.69, 9.17) is 0 Å². The van der Waals surface area contributed by atoms with E-state index in [1.54, 1.807) is 37.6 Å². The third-order valence-corrected chi connectivity index (χ3v) is 4.49. The van der Waals surface area contributed by atoms with Crippen LogP contribution in [-0.4, -0.2) is 26.5 Å². The molecule has 0 aliphatic carbocycles. The van der Waals surface area contributed by atoms with Crippen molar-refractivity contribution in [3.63, 3.8) is 0 Å². The van der Waals surface area contributed by atoms with Gasteiger partial charge in [-0.1, -0.05) is 6.07 Å². The number of nitrogens with one attached hydrogen (secondary N) is 3. The van der Waals surface area contributed by atoms with E-state index in [1.165, 1.54) is 10.9 Å². The monoisotopic (exact) mass is 350 g/mol. The summed E-state index contributed by atoms with van der Waals surface area (Å²) >= 11 is 0. The van der Waals surface area contributed by atoms with Crippen molar-refractivity contribution in [2.24, 2.45) is 7.05 Å². The van der Waals surface area contributed by atoms with Crippen LogP contribution in [0.4, 0.5) is 5.69 Å². The normalized spacial score (nSPS) is 19.6. The molecule has 0 bridgehead atoms. The number of hydrogen-bond acceptors (Lipinski definition) is 6. The second-order valence-electron chi connectivity index (χ2n) is 6.30. The second-order valence-corrected chi connectivity index (χ2v) is 6.30. The summed E-state index contributed by atoms with van der Waals surface area (Å²) in [5, 5.41) is 3.33. The Morgan fingerprint density at radius 2 is 2.19 bits per heavy atom. The molecule has 0 saturated carbocycles. The molecule has 1 aromatic carbocycles. The SMILES string of the molecule is Cn1cnc2ccc(NC(=O)C3CC(c4cccnc4)NN3)cc2c1=O. The van der Waals surface area contributed by atoms with Crippen molar-refractivity contribution in [2.45, 2.75) is 18.5 Å². The quantitative estimate of drug-likeness (QED) is 0.648. The molecule has 2 unspecified atom stereocenters. The summed E-state index contributed by atoms with van der Waals surface area (Å²) in [5.74, 6) is -0.163. The summed E-state index contributed by atoms with van der Waals surface area (Å²) in [6.45, 7) is 0. The molecule has 8 nitrogen and oxygen atoms in total. The number of rotatable bonds is 3. The number of anilines is 1. The standard InChI is InChI=1S/C18H18N6O2/c1-24-10-20-14-5-4-12(7-13(14)18(24)26)21-17(25)16-8-15(22-23-16)11-3-2-6-19-9-11/h2-7,9-10,15-16,22-23H,8H2,1H3,(H,21,25). The Morgan fingerprint density at radius 3 is 3.00 bits per heavy atom. The van der Waals surface area contributed by atoms with Crippen LogP contribution in [0.15, 0.2) is 53.8 Å². The molecule has 4 rings (SSSR count). The van der Waals surface area contributed by atoms with Crippen LogP contribution < -0.4 is 21.7 Å². The first kappa shape index (κ1) is 16.4. The molecule has 0 radical (unpaired) electrons. The van der Waals surface area contributed by atoms with Crippen molar-refractivity contribution in [3.05, 3.63) is 65.0 Å². The number of nitrogens with zero attached hydrogens (tertiary/aromatic N) is 3. The molecule has 1 aliphatic rings. The maximum atomic E-state index is 12.6. The third-order valence-electron chi connectivity index (χ3n) is 4.49. The number of pyridine rings is 1. The highest BCUT2D eigenvalue weighted by molar-refractivity contribution is 5.96. The van der Waals surface area contributed by atoms with Crippen LogP contribution in [0, 0.1) is 0 Å². The number of carbonyl (C=O) groups is 1. The molecule has 3 heterocycles. The Balaban J connectivity index is 1.49. The van der Waals surface area contributed by atoms with Gasteiger partial charge in [-0.05, 0) is 36.2 Å². The molecule has 26 heavy (non-hydrogen) atoms.